The molecule has 0 bridgehead atoms. The Morgan fingerprint density at radius 3 is 1.97 bits per heavy atom. The average molecular weight is 402 g/mol. The van der Waals surface area contributed by atoms with Crippen LogP contribution in [0.15, 0.2) is 108 Å². The lowest BCUT2D eigenvalue weighted by atomic mass is 10.1. The maximum atomic E-state index is 13.5. The number of carbonyl (C=O) groups excluding carboxylic acids is 1. The number of nitrogens with zero attached hydrogens (tertiary/aromatic N) is 1. The first-order valence-electron chi connectivity index (χ1n) is 9.01. The van der Waals surface area contributed by atoms with E-state index in [9.17, 15) is 13.2 Å². The molecule has 1 N–H and O–H groups in total. The summed E-state index contributed by atoms with van der Waals surface area (Å²) in [6.45, 7) is 0. The van der Waals surface area contributed by atoms with Gasteiger partial charge in [-0.2, -0.15) is 12.8 Å². The summed E-state index contributed by atoms with van der Waals surface area (Å²) in [5, 5.41) is 1.74. The lowest BCUT2D eigenvalue weighted by Crippen LogP contribution is -2.46. The van der Waals surface area contributed by atoms with E-state index in [-0.39, 0.29) is 4.90 Å². The number of sulfonamides is 1. The van der Waals surface area contributed by atoms with Crippen molar-refractivity contribution in [3.63, 3.8) is 0 Å². The van der Waals surface area contributed by atoms with E-state index in [2.05, 4.69) is 5.43 Å². The van der Waals surface area contributed by atoms with Crippen LogP contribution in [-0.2, 0) is 10.0 Å². The molecular weight excluding hydrogens is 384 g/mol. The molecule has 0 aliphatic heterocycles. The van der Waals surface area contributed by atoms with Gasteiger partial charge in [-0.15, -0.1) is 0 Å². The van der Waals surface area contributed by atoms with Gasteiger partial charge in [0.25, 0.3) is 15.9 Å². The van der Waals surface area contributed by atoms with Crippen molar-refractivity contribution >= 4 is 32.4 Å². The monoisotopic (exact) mass is 402 g/mol. The zero-order valence-corrected chi connectivity index (χ0v) is 16.2. The van der Waals surface area contributed by atoms with Crippen molar-refractivity contribution in [2.75, 3.05) is 4.41 Å². The van der Waals surface area contributed by atoms with Crippen molar-refractivity contribution in [1.29, 1.82) is 0 Å². The van der Waals surface area contributed by atoms with Crippen molar-refractivity contribution in [1.82, 2.24) is 5.43 Å². The second-order valence-electron chi connectivity index (χ2n) is 6.42. The minimum Gasteiger partial charge on any atom is -0.267 e. The lowest BCUT2D eigenvalue weighted by Gasteiger charge is -2.25. The number of amides is 1. The SMILES string of the molecule is O=C(NN(c1ccccc1)S(=O)(=O)c1ccc2ccccc2c1)c1ccccc1. The number of hydrogen-bond acceptors (Lipinski definition) is 3. The van der Waals surface area contributed by atoms with Gasteiger partial charge in [0.2, 0.25) is 0 Å². The van der Waals surface area contributed by atoms with Crippen LogP contribution < -0.4 is 9.84 Å². The van der Waals surface area contributed by atoms with E-state index < -0.39 is 15.9 Å². The molecule has 0 saturated carbocycles. The maximum absolute atomic E-state index is 13.5. The van der Waals surface area contributed by atoms with Crippen LogP contribution in [0.4, 0.5) is 5.69 Å². The Hall–Kier alpha value is -3.64. The van der Waals surface area contributed by atoms with Crippen molar-refractivity contribution in [2.45, 2.75) is 4.90 Å². The molecule has 0 unspecified atom stereocenters. The lowest BCUT2D eigenvalue weighted by molar-refractivity contribution is 0.0955. The Morgan fingerprint density at radius 2 is 1.28 bits per heavy atom. The molecule has 0 saturated heterocycles. The molecule has 29 heavy (non-hydrogen) atoms. The number of rotatable bonds is 5. The van der Waals surface area contributed by atoms with E-state index in [1.807, 2.05) is 24.3 Å². The molecule has 0 spiro atoms. The third-order valence-electron chi connectivity index (χ3n) is 4.49. The minimum atomic E-state index is -4.05. The minimum absolute atomic E-state index is 0.0911. The van der Waals surface area contributed by atoms with Crippen molar-refractivity contribution in [3.8, 4) is 0 Å². The first-order valence-corrected chi connectivity index (χ1v) is 10.4. The Labute approximate surface area is 169 Å². The highest BCUT2D eigenvalue weighted by Crippen LogP contribution is 2.25. The second kappa shape index (κ2) is 7.77. The zero-order valence-electron chi connectivity index (χ0n) is 15.4. The van der Waals surface area contributed by atoms with Gasteiger partial charge in [-0.3, -0.25) is 4.79 Å². The molecule has 0 radical (unpaired) electrons. The third kappa shape index (κ3) is 3.83. The van der Waals surface area contributed by atoms with E-state index in [0.717, 1.165) is 15.2 Å². The second-order valence-corrected chi connectivity index (χ2v) is 8.21. The van der Waals surface area contributed by atoms with Crippen molar-refractivity contribution < 1.29 is 13.2 Å². The van der Waals surface area contributed by atoms with Crippen LogP contribution in [0.2, 0.25) is 0 Å². The van der Waals surface area contributed by atoms with Gasteiger partial charge >= 0.3 is 0 Å². The molecule has 5 nitrogen and oxygen atoms in total. The van der Waals surface area contributed by atoms with Crippen molar-refractivity contribution in [3.05, 3.63) is 109 Å². The van der Waals surface area contributed by atoms with Gasteiger partial charge in [0.05, 0.1) is 10.6 Å². The molecule has 6 heteroatoms. The highest BCUT2D eigenvalue weighted by molar-refractivity contribution is 7.92. The molecular formula is C23H18N2O3S. The Bertz CT molecular complexity index is 1260. The number of carbonyl (C=O) groups is 1. The summed E-state index contributed by atoms with van der Waals surface area (Å²) in [7, 11) is -4.05. The summed E-state index contributed by atoms with van der Waals surface area (Å²) in [6, 6.07) is 29.4. The predicted octanol–water partition coefficient (Wildman–Crippen LogP) is 4.38. The van der Waals surface area contributed by atoms with Crippen molar-refractivity contribution in [2.24, 2.45) is 0 Å². The summed E-state index contributed by atoms with van der Waals surface area (Å²) in [5.74, 6) is -0.515. The molecule has 4 aromatic carbocycles. The molecule has 1 amide bonds. The van der Waals surface area contributed by atoms with E-state index in [0.29, 0.717) is 11.3 Å². The van der Waals surface area contributed by atoms with Gasteiger partial charge < -0.3 is 0 Å². The van der Waals surface area contributed by atoms with Crippen LogP contribution in [-0.4, -0.2) is 14.3 Å². The molecule has 0 aliphatic carbocycles. The molecule has 144 valence electrons. The number of benzene rings is 4. The van der Waals surface area contributed by atoms with Crippen LogP contribution in [0.5, 0.6) is 0 Å². The number of nitrogens with one attached hydrogen (secondary N) is 1. The van der Waals surface area contributed by atoms with Gasteiger partial charge in [-0.25, -0.2) is 5.43 Å². The molecule has 0 fully saturated rings. The van der Waals surface area contributed by atoms with Crippen LogP contribution in [0.1, 0.15) is 10.4 Å². The molecule has 0 heterocycles. The molecule has 4 aromatic rings. The van der Waals surface area contributed by atoms with Crippen LogP contribution in [0, 0.1) is 0 Å². The van der Waals surface area contributed by atoms with Crippen LogP contribution >= 0.6 is 0 Å². The van der Waals surface area contributed by atoms with Crippen LogP contribution in [0.3, 0.4) is 0 Å². The van der Waals surface area contributed by atoms with Gasteiger partial charge in [0, 0.05) is 5.56 Å². The van der Waals surface area contributed by atoms with E-state index in [4.69, 9.17) is 0 Å². The molecule has 0 aliphatic rings. The normalized spacial score (nSPS) is 11.2. The highest BCUT2D eigenvalue weighted by atomic mass is 32.2. The van der Waals surface area contributed by atoms with E-state index in [1.54, 1.807) is 78.9 Å². The van der Waals surface area contributed by atoms with Gasteiger partial charge in [0.15, 0.2) is 0 Å². The van der Waals surface area contributed by atoms with Gasteiger partial charge in [-0.1, -0.05) is 66.7 Å². The first kappa shape index (κ1) is 18.7. The van der Waals surface area contributed by atoms with Crippen LogP contribution in [0.25, 0.3) is 10.8 Å². The standard InChI is InChI=1S/C23H18N2O3S/c26-23(19-10-3-1-4-11-19)24-25(21-13-5-2-6-14-21)29(27,28)22-16-15-18-9-7-8-12-20(18)17-22/h1-17H,(H,24,26). The number of para-hydroxylation sites is 1. The molecule has 4 rings (SSSR count). The fourth-order valence-corrected chi connectivity index (χ4v) is 4.34. The first-order chi connectivity index (χ1) is 14.1. The number of hydrazine groups is 1. The fraction of sp³-hybridized carbons (Fsp3) is 0. The average Bonchev–Trinajstić information content (AvgIpc) is 2.78. The summed E-state index contributed by atoms with van der Waals surface area (Å²) < 4.78 is 27.8. The van der Waals surface area contributed by atoms with Gasteiger partial charge in [-0.05, 0) is 47.2 Å². The summed E-state index contributed by atoms with van der Waals surface area (Å²) in [5.41, 5.74) is 3.24. The molecule has 0 aromatic heterocycles. The summed E-state index contributed by atoms with van der Waals surface area (Å²) in [6.07, 6.45) is 0. The number of fused-ring (bicyclic) bond motifs is 1. The summed E-state index contributed by atoms with van der Waals surface area (Å²) >= 11 is 0. The quantitative estimate of drug-likeness (QED) is 0.504. The van der Waals surface area contributed by atoms with E-state index in [1.165, 1.54) is 0 Å². The number of hydrogen-bond donors (Lipinski definition) is 1. The van der Waals surface area contributed by atoms with E-state index >= 15 is 0 Å². The Kier molecular flexibility index (Phi) is 5.01. The largest absolute Gasteiger partial charge is 0.281 e. The fourth-order valence-electron chi connectivity index (χ4n) is 3.01. The summed E-state index contributed by atoms with van der Waals surface area (Å²) in [4.78, 5) is 12.8. The third-order valence-corrected chi connectivity index (χ3v) is 6.12. The Balaban J connectivity index is 1.77. The topological polar surface area (TPSA) is 66.5 Å². The molecule has 0 atom stereocenters. The Morgan fingerprint density at radius 1 is 0.690 bits per heavy atom. The highest BCUT2D eigenvalue weighted by Gasteiger charge is 2.27. The zero-order chi connectivity index (χ0) is 20.3. The smallest absolute Gasteiger partial charge is 0.267 e. The predicted molar refractivity (Wildman–Crippen MR) is 114 cm³/mol. The maximum Gasteiger partial charge on any atom is 0.281 e. The number of anilines is 1. The van der Waals surface area contributed by atoms with Gasteiger partial charge in [0.1, 0.15) is 0 Å².